The van der Waals surface area contributed by atoms with Gasteiger partial charge < -0.3 is 4.90 Å². The summed E-state index contributed by atoms with van der Waals surface area (Å²) in [5.41, 5.74) is 4.27. The van der Waals surface area contributed by atoms with Crippen LogP contribution in [0, 0.1) is 20.8 Å². The van der Waals surface area contributed by atoms with E-state index in [-0.39, 0.29) is 5.91 Å². The zero-order valence-corrected chi connectivity index (χ0v) is 13.5. The summed E-state index contributed by atoms with van der Waals surface area (Å²) in [6.07, 6.45) is 4.38. The molecule has 2 rings (SSSR count). The van der Waals surface area contributed by atoms with E-state index < -0.39 is 0 Å². The number of rotatable bonds is 5. The number of benzene rings is 1. The lowest BCUT2D eigenvalue weighted by Crippen LogP contribution is -2.45. The lowest BCUT2D eigenvalue weighted by atomic mass is 9.89. The average molecular weight is 294 g/mol. The number of carbonyl (C=O) groups excluding carboxylic acids is 1. The number of nitrogens with zero attached hydrogens (tertiary/aromatic N) is 1. The molecule has 1 amide bonds. The first-order chi connectivity index (χ1) is 9.54. The Kier molecular flexibility index (Phi) is 5.09. The third kappa shape index (κ3) is 3.17. The monoisotopic (exact) mass is 293 g/mol. The molecule has 0 spiro atoms. The number of halogens is 1. The predicted octanol–water partition coefficient (Wildman–Crippen LogP) is 4.24. The molecule has 0 N–H and O–H groups in total. The van der Waals surface area contributed by atoms with E-state index in [0.29, 0.717) is 11.9 Å². The summed E-state index contributed by atoms with van der Waals surface area (Å²) < 4.78 is 0. The van der Waals surface area contributed by atoms with Gasteiger partial charge in [-0.15, -0.1) is 11.6 Å². The van der Waals surface area contributed by atoms with Gasteiger partial charge in [-0.1, -0.05) is 17.7 Å². The van der Waals surface area contributed by atoms with Crippen molar-refractivity contribution >= 4 is 17.5 Å². The van der Waals surface area contributed by atoms with Crippen LogP contribution >= 0.6 is 11.6 Å². The number of alkyl halides is 1. The molecule has 0 heterocycles. The van der Waals surface area contributed by atoms with Gasteiger partial charge in [0.2, 0.25) is 0 Å². The molecule has 20 heavy (non-hydrogen) atoms. The summed E-state index contributed by atoms with van der Waals surface area (Å²) in [4.78, 5) is 15.0. The standard InChI is InChI=1S/C17H24ClNO/c1-12-10-13(2)16(14(3)11-12)17(20)19(9-5-8-18)15-6-4-7-15/h10-11,15H,4-9H2,1-3H3. The van der Waals surface area contributed by atoms with Crippen LogP contribution in [0.25, 0.3) is 0 Å². The Balaban J connectivity index is 2.26. The molecule has 0 radical (unpaired) electrons. The second-order valence-corrected chi connectivity index (χ2v) is 6.28. The number of amides is 1. The molecule has 110 valence electrons. The minimum atomic E-state index is 0.190. The van der Waals surface area contributed by atoms with Crippen molar-refractivity contribution in [3.63, 3.8) is 0 Å². The molecule has 1 saturated carbocycles. The van der Waals surface area contributed by atoms with Gasteiger partial charge in [-0.25, -0.2) is 0 Å². The van der Waals surface area contributed by atoms with Crippen molar-refractivity contribution in [1.82, 2.24) is 4.90 Å². The molecule has 0 aliphatic heterocycles. The molecule has 0 aromatic heterocycles. The maximum atomic E-state index is 12.9. The van der Waals surface area contributed by atoms with Crippen molar-refractivity contribution < 1.29 is 4.79 Å². The molecule has 1 aliphatic carbocycles. The molecule has 2 nitrogen and oxygen atoms in total. The summed E-state index contributed by atoms with van der Waals surface area (Å²) in [6, 6.07) is 4.62. The van der Waals surface area contributed by atoms with Crippen LogP contribution in [0.1, 0.15) is 52.7 Å². The lowest BCUT2D eigenvalue weighted by molar-refractivity contribution is 0.0579. The lowest BCUT2D eigenvalue weighted by Gasteiger charge is -2.38. The highest BCUT2D eigenvalue weighted by Gasteiger charge is 2.30. The van der Waals surface area contributed by atoms with Gasteiger partial charge >= 0.3 is 0 Å². The fourth-order valence-electron chi connectivity index (χ4n) is 3.04. The molecular weight excluding hydrogens is 270 g/mol. The van der Waals surface area contributed by atoms with Crippen LogP contribution in [0.3, 0.4) is 0 Å². The average Bonchev–Trinajstić information content (AvgIpc) is 2.30. The second-order valence-electron chi connectivity index (χ2n) is 5.90. The third-order valence-corrected chi connectivity index (χ3v) is 4.47. The smallest absolute Gasteiger partial charge is 0.254 e. The first-order valence-corrected chi connectivity index (χ1v) is 8.03. The molecule has 3 heteroatoms. The van der Waals surface area contributed by atoms with E-state index in [4.69, 9.17) is 11.6 Å². The van der Waals surface area contributed by atoms with Gasteiger partial charge in [-0.05, 0) is 57.6 Å². The Morgan fingerprint density at radius 1 is 1.25 bits per heavy atom. The zero-order valence-electron chi connectivity index (χ0n) is 12.7. The van der Waals surface area contributed by atoms with Gasteiger partial charge in [0, 0.05) is 24.0 Å². The van der Waals surface area contributed by atoms with Crippen LogP contribution in [-0.2, 0) is 0 Å². The SMILES string of the molecule is Cc1cc(C)c(C(=O)N(CCCCl)C2CCC2)c(C)c1. The quantitative estimate of drug-likeness (QED) is 0.744. The molecule has 0 atom stereocenters. The molecule has 1 aliphatic rings. The fourth-order valence-corrected chi connectivity index (χ4v) is 3.16. The first kappa shape index (κ1) is 15.4. The molecule has 1 aromatic rings. The normalized spacial score (nSPS) is 15.0. The Morgan fingerprint density at radius 3 is 2.30 bits per heavy atom. The Morgan fingerprint density at radius 2 is 1.85 bits per heavy atom. The summed E-state index contributed by atoms with van der Waals surface area (Å²) >= 11 is 5.81. The van der Waals surface area contributed by atoms with Crippen molar-refractivity contribution in [1.29, 1.82) is 0 Å². The molecular formula is C17H24ClNO. The molecule has 0 bridgehead atoms. The van der Waals surface area contributed by atoms with Crippen LogP contribution in [-0.4, -0.2) is 29.3 Å². The van der Waals surface area contributed by atoms with Crippen molar-refractivity contribution in [2.45, 2.75) is 52.5 Å². The fraction of sp³-hybridized carbons (Fsp3) is 0.588. The Hall–Kier alpha value is -1.02. The van der Waals surface area contributed by atoms with Crippen LogP contribution in [0.15, 0.2) is 12.1 Å². The summed E-state index contributed by atoms with van der Waals surface area (Å²) in [5, 5.41) is 0. The molecule has 1 aromatic carbocycles. The van der Waals surface area contributed by atoms with Crippen LogP contribution in [0.2, 0.25) is 0 Å². The molecule has 1 fully saturated rings. The van der Waals surface area contributed by atoms with Crippen LogP contribution in [0.4, 0.5) is 0 Å². The highest BCUT2D eigenvalue weighted by Crippen LogP contribution is 2.28. The minimum Gasteiger partial charge on any atom is -0.336 e. The van der Waals surface area contributed by atoms with Crippen molar-refractivity contribution in [2.24, 2.45) is 0 Å². The molecule has 0 unspecified atom stereocenters. The first-order valence-electron chi connectivity index (χ1n) is 7.49. The Labute approximate surface area is 127 Å². The third-order valence-electron chi connectivity index (χ3n) is 4.20. The molecule has 0 saturated heterocycles. The van der Waals surface area contributed by atoms with Gasteiger partial charge in [-0.2, -0.15) is 0 Å². The minimum absolute atomic E-state index is 0.190. The van der Waals surface area contributed by atoms with Crippen molar-refractivity contribution in [3.05, 3.63) is 34.4 Å². The van der Waals surface area contributed by atoms with E-state index in [2.05, 4.69) is 24.0 Å². The maximum Gasteiger partial charge on any atom is 0.254 e. The van der Waals surface area contributed by atoms with Crippen LogP contribution < -0.4 is 0 Å². The highest BCUT2D eigenvalue weighted by atomic mass is 35.5. The Bertz CT molecular complexity index is 471. The summed E-state index contributed by atoms with van der Waals surface area (Å²) in [7, 11) is 0. The van der Waals surface area contributed by atoms with Gasteiger partial charge in [0.15, 0.2) is 0 Å². The topological polar surface area (TPSA) is 20.3 Å². The van der Waals surface area contributed by atoms with Crippen molar-refractivity contribution in [2.75, 3.05) is 12.4 Å². The van der Waals surface area contributed by atoms with Gasteiger partial charge in [0.25, 0.3) is 5.91 Å². The van der Waals surface area contributed by atoms with Gasteiger partial charge in [0.1, 0.15) is 0 Å². The van der Waals surface area contributed by atoms with Gasteiger partial charge in [-0.3, -0.25) is 4.79 Å². The summed E-state index contributed by atoms with van der Waals surface area (Å²) in [6.45, 7) is 6.92. The highest BCUT2D eigenvalue weighted by molar-refractivity contribution is 6.17. The largest absolute Gasteiger partial charge is 0.336 e. The number of hydrogen-bond donors (Lipinski definition) is 0. The van der Waals surface area contributed by atoms with Crippen molar-refractivity contribution in [3.8, 4) is 0 Å². The number of hydrogen-bond acceptors (Lipinski definition) is 1. The van der Waals surface area contributed by atoms with E-state index in [1.165, 1.54) is 12.0 Å². The zero-order chi connectivity index (χ0) is 14.7. The number of carbonyl (C=O) groups is 1. The van der Waals surface area contributed by atoms with E-state index in [1.807, 2.05) is 13.8 Å². The van der Waals surface area contributed by atoms with E-state index in [1.54, 1.807) is 0 Å². The van der Waals surface area contributed by atoms with E-state index in [0.717, 1.165) is 42.5 Å². The van der Waals surface area contributed by atoms with E-state index in [9.17, 15) is 4.79 Å². The predicted molar refractivity (Wildman–Crippen MR) is 84.7 cm³/mol. The number of aryl methyl sites for hydroxylation is 3. The van der Waals surface area contributed by atoms with E-state index >= 15 is 0 Å². The summed E-state index contributed by atoms with van der Waals surface area (Å²) in [5.74, 6) is 0.803. The van der Waals surface area contributed by atoms with Crippen LogP contribution in [0.5, 0.6) is 0 Å². The maximum absolute atomic E-state index is 12.9. The van der Waals surface area contributed by atoms with Gasteiger partial charge in [0.05, 0.1) is 0 Å². The second kappa shape index (κ2) is 6.62.